The van der Waals surface area contributed by atoms with Crippen molar-refractivity contribution < 1.29 is 19.3 Å². The summed E-state index contributed by atoms with van der Waals surface area (Å²) < 4.78 is 12.9. The Morgan fingerprint density at radius 1 is 0.429 bits per heavy atom. The van der Waals surface area contributed by atoms with Crippen molar-refractivity contribution in [1.29, 1.82) is 0 Å². The second-order valence-corrected chi connectivity index (χ2v) is 21.2. The molecule has 63 heavy (non-hydrogen) atoms. The molecule has 0 unspecified atom stereocenters. The van der Waals surface area contributed by atoms with Crippen LogP contribution in [0.4, 0.5) is 11.4 Å². The first-order valence-corrected chi connectivity index (χ1v) is 21.7. The van der Waals surface area contributed by atoms with Crippen molar-refractivity contribution in [3.8, 4) is 22.6 Å². The zero-order valence-corrected chi connectivity index (χ0v) is 38.8. The van der Waals surface area contributed by atoms with Gasteiger partial charge in [0, 0.05) is 24.3 Å². The number of nitro groups is 2. The molecule has 0 aromatic heterocycles. The summed E-state index contributed by atoms with van der Waals surface area (Å²) in [5.74, 6) is 1.30. The minimum Gasteiger partial charge on any atom is -0.489 e. The topological polar surface area (TPSA) is 105 Å². The van der Waals surface area contributed by atoms with Gasteiger partial charge in [-0.2, -0.15) is 0 Å². The lowest BCUT2D eigenvalue weighted by atomic mass is 9.67. The summed E-state index contributed by atoms with van der Waals surface area (Å²) in [6, 6.07) is 38.7. The second-order valence-electron chi connectivity index (χ2n) is 21.2. The van der Waals surface area contributed by atoms with Crippen LogP contribution in [-0.2, 0) is 40.3 Å². The molecule has 0 spiro atoms. The number of nitrogens with zero attached hydrogens (tertiary/aromatic N) is 2. The minimum absolute atomic E-state index is 0.0392. The van der Waals surface area contributed by atoms with E-state index in [9.17, 15) is 20.2 Å². The summed E-state index contributed by atoms with van der Waals surface area (Å²) in [5.41, 5.74) is 10.1. The zero-order valence-electron chi connectivity index (χ0n) is 38.8. The van der Waals surface area contributed by atoms with Gasteiger partial charge in [0.1, 0.15) is 24.7 Å². The monoisotopic (exact) mass is 844 g/mol. The van der Waals surface area contributed by atoms with Crippen LogP contribution in [0.5, 0.6) is 11.5 Å². The molecule has 0 fully saturated rings. The molecule has 8 nitrogen and oxygen atoms in total. The van der Waals surface area contributed by atoms with E-state index < -0.39 is 15.3 Å². The predicted octanol–water partition coefficient (Wildman–Crippen LogP) is 14.2. The molecule has 6 aromatic rings. The number of hydrogen-bond acceptors (Lipinski definition) is 6. The highest BCUT2D eigenvalue weighted by molar-refractivity contribution is 5.88. The summed E-state index contributed by atoms with van der Waals surface area (Å²) in [6.07, 6.45) is 0. The highest BCUT2D eigenvalue weighted by Gasteiger charge is 2.48. The fraction of sp³-hybridized carbons (Fsp3) is 0.345. The van der Waals surface area contributed by atoms with Crippen LogP contribution in [0.3, 0.4) is 0 Å². The lowest BCUT2D eigenvalue weighted by molar-refractivity contribution is -0.385. The van der Waals surface area contributed by atoms with E-state index in [2.05, 4.69) is 119 Å². The van der Waals surface area contributed by atoms with E-state index in [4.69, 9.17) is 9.47 Å². The van der Waals surface area contributed by atoms with Crippen LogP contribution in [0.2, 0.25) is 0 Å². The Kier molecular flexibility index (Phi) is 11.5. The van der Waals surface area contributed by atoms with Crippen LogP contribution >= 0.6 is 0 Å². The normalized spacial score (nSPS) is 13.6. The average molecular weight is 845 g/mol. The molecule has 326 valence electrons. The molecule has 0 heterocycles. The van der Waals surface area contributed by atoms with Gasteiger partial charge >= 0.3 is 0 Å². The Hall–Kier alpha value is -6.28. The van der Waals surface area contributed by atoms with Crippen LogP contribution in [0.25, 0.3) is 11.1 Å². The molecule has 0 saturated carbocycles. The third-order valence-electron chi connectivity index (χ3n) is 12.4. The summed E-state index contributed by atoms with van der Waals surface area (Å²) >= 11 is 0. The van der Waals surface area contributed by atoms with Gasteiger partial charge in [-0.05, 0) is 125 Å². The Morgan fingerprint density at radius 2 is 0.730 bits per heavy atom. The lowest BCUT2D eigenvalue weighted by Gasteiger charge is -2.33. The van der Waals surface area contributed by atoms with Gasteiger partial charge in [0.25, 0.3) is 11.4 Å². The third kappa shape index (κ3) is 8.99. The third-order valence-corrected chi connectivity index (χ3v) is 12.4. The van der Waals surface area contributed by atoms with Crippen molar-refractivity contribution >= 4 is 11.4 Å². The van der Waals surface area contributed by atoms with Crippen molar-refractivity contribution in [3.05, 3.63) is 197 Å². The lowest BCUT2D eigenvalue weighted by Crippen LogP contribution is -2.28. The maximum atomic E-state index is 12.4. The molecule has 1 aliphatic rings. The number of benzene rings is 6. The SMILES string of the molecule is CC(C)(C)c1cc(COc2ccc(C3(c4ccc(OCc5cc(C(C)(C)C)cc(C(C)(C)C)c5)cc4)c4cc([N+](=O)[O-])ccc4-c4ccc([N+](=O)[O-])cc43)cc2)cc(C(C)(C)C)c1. The van der Waals surface area contributed by atoms with Gasteiger partial charge in [0.15, 0.2) is 0 Å². The molecule has 0 aliphatic heterocycles. The molecule has 0 saturated heterocycles. The number of ether oxygens (including phenoxy) is 2. The van der Waals surface area contributed by atoms with Crippen LogP contribution in [0.15, 0.2) is 121 Å². The van der Waals surface area contributed by atoms with E-state index in [1.165, 1.54) is 34.4 Å². The first kappa shape index (κ1) is 44.8. The molecule has 7 rings (SSSR count). The molecule has 1 aliphatic carbocycles. The Balaban J connectivity index is 1.31. The smallest absolute Gasteiger partial charge is 0.269 e. The average Bonchev–Trinajstić information content (AvgIpc) is 3.50. The maximum Gasteiger partial charge on any atom is 0.269 e. The summed E-state index contributed by atoms with van der Waals surface area (Å²) in [4.78, 5) is 23.9. The molecule has 0 N–H and O–H groups in total. The van der Waals surface area contributed by atoms with E-state index in [1.54, 1.807) is 24.3 Å². The molecule has 0 atom stereocenters. The van der Waals surface area contributed by atoms with Gasteiger partial charge in [-0.25, -0.2) is 0 Å². The van der Waals surface area contributed by atoms with Crippen molar-refractivity contribution in [2.45, 2.75) is 123 Å². The summed E-state index contributed by atoms with van der Waals surface area (Å²) in [5, 5.41) is 24.7. The van der Waals surface area contributed by atoms with Crippen molar-refractivity contribution in [3.63, 3.8) is 0 Å². The molecule has 8 heteroatoms. The Labute approximate surface area is 372 Å². The first-order chi connectivity index (χ1) is 29.3. The highest BCUT2D eigenvalue weighted by atomic mass is 16.6. The zero-order chi connectivity index (χ0) is 45.9. The van der Waals surface area contributed by atoms with E-state index in [0.29, 0.717) is 35.8 Å². The van der Waals surface area contributed by atoms with Crippen molar-refractivity contribution in [1.82, 2.24) is 0 Å². The maximum absolute atomic E-state index is 12.4. The predicted molar refractivity (Wildman–Crippen MR) is 253 cm³/mol. The fourth-order valence-corrected chi connectivity index (χ4v) is 8.53. The Morgan fingerprint density at radius 3 is 1.00 bits per heavy atom. The molecular weight excluding hydrogens is 785 g/mol. The Bertz CT molecular complexity index is 2450. The standard InChI is InChI=1S/C55H60N2O6/c1-51(2,3)39-25-35(26-40(29-39)52(4,5)6)33-62-45-19-13-37(14-20-45)55(49-31-43(56(58)59)17-23-47(49)48-24-18-44(57(60)61)32-50(48)55)38-15-21-46(22-16-38)63-34-36-27-41(53(7,8)9)30-42(28-36)54(10,11)12/h13-32H,33-34H2,1-12H3. The first-order valence-electron chi connectivity index (χ1n) is 21.7. The van der Waals surface area contributed by atoms with Crippen LogP contribution in [0, 0.1) is 20.2 Å². The largest absolute Gasteiger partial charge is 0.489 e. The number of rotatable bonds is 10. The second kappa shape index (κ2) is 16.1. The molecule has 0 amide bonds. The van der Waals surface area contributed by atoms with Crippen molar-refractivity contribution in [2.24, 2.45) is 0 Å². The molecule has 6 aromatic carbocycles. The van der Waals surface area contributed by atoms with E-state index in [-0.39, 0.29) is 33.0 Å². The van der Waals surface area contributed by atoms with Crippen LogP contribution in [0.1, 0.15) is 139 Å². The van der Waals surface area contributed by atoms with E-state index in [0.717, 1.165) is 33.4 Å². The van der Waals surface area contributed by atoms with E-state index in [1.807, 2.05) is 48.5 Å². The molecule has 0 radical (unpaired) electrons. The van der Waals surface area contributed by atoms with E-state index >= 15 is 0 Å². The number of fused-ring (bicyclic) bond motifs is 3. The number of nitro benzene ring substituents is 2. The van der Waals surface area contributed by atoms with Gasteiger partial charge < -0.3 is 9.47 Å². The summed E-state index contributed by atoms with van der Waals surface area (Å²) in [6.45, 7) is 27.3. The fourth-order valence-electron chi connectivity index (χ4n) is 8.53. The number of hydrogen-bond donors (Lipinski definition) is 0. The molecule has 0 bridgehead atoms. The van der Waals surface area contributed by atoms with Crippen LogP contribution < -0.4 is 9.47 Å². The molecular formula is C55H60N2O6. The highest BCUT2D eigenvalue weighted by Crippen LogP contribution is 2.57. The van der Waals surface area contributed by atoms with Gasteiger partial charge in [-0.1, -0.05) is 144 Å². The van der Waals surface area contributed by atoms with Crippen molar-refractivity contribution in [2.75, 3.05) is 0 Å². The van der Waals surface area contributed by atoms with Gasteiger partial charge in [-0.15, -0.1) is 0 Å². The number of non-ortho nitro benzene ring substituents is 2. The van der Waals surface area contributed by atoms with Gasteiger partial charge in [0.05, 0.1) is 15.3 Å². The quantitative estimate of drug-likeness (QED) is 0.100. The van der Waals surface area contributed by atoms with Gasteiger partial charge in [-0.3, -0.25) is 20.2 Å². The van der Waals surface area contributed by atoms with Gasteiger partial charge in [0.2, 0.25) is 0 Å². The minimum atomic E-state index is -1.16. The summed E-state index contributed by atoms with van der Waals surface area (Å²) in [7, 11) is 0. The van der Waals surface area contributed by atoms with Crippen LogP contribution in [-0.4, -0.2) is 9.85 Å².